The molecule has 5 rings (SSSR count). The fraction of sp³-hybridized carbons (Fsp3) is 0.318. The number of hydrogen-bond acceptors (Lipinski definition) is 4. The number of rotatable bonds is 3. The van der Waals surface area contributed by atoms with E-state index >= 15 is 0 Å². The molecule has 0 spiro atoms. The lowest BCUT2D eigenvalue weighted by atomic mass is 9.65. The second kappa shape index (κ2) is 6.94. The summed E-state index contributed by atoms with van der Waals surface area (Å²) < 4.78 is 29.4. The fourth-order valence-electron chi connectivity index (χ4n) is 5.35. The van der Waals surface area contributed by atoms with E-state index in [1.807, 2.05) is 54.6 Å². The molecule has 0 radical (unpaired) electrons. The topological polar surface area (TPSA) is 82.1 Å². The quantitative estimate of drug-likeness (QED) is 0.583. The second-order valence-electron chi connectivity index (χ2n) is 8.02. The largest absolute Gasteiger partial charge is 0.445 e. The van der Waals surface area contributed by atoms with Crippen molar-refractivity contribution in [2.24, 2.45) is 0 Å². The molecular weight excluding hydrogens is 402 g/mol. The van der Waals surface area contributed by atoms with Crippen molar-refractivity contribution < 1.29 is 18.3 Å². The summed E-state index contributed by atoms with van der Waals surface area (Å²) in [6, 6.07) is 17.4. The number of amides is 1. The van der Waals surface area contributed by atoms with E-state index in [0.29, 0.717) is 19.5 Å². The van der Waals surface area contributed by atoms with Crippen LogP contribution in [0.15, 0.2) is 66.7 Å². The lowest BCUT2D eigenvalue weighted by Crippen LogP contribution is -2.69. The van der Waals surface area contributed by atoms with Crippen LogP contribution in [0, 0.1) is 0 Å². The Hall–Kier alpha value is -2.68. The van der Waals surface area contributed by atoms with Crippen LogP contribution in [0.4, 0.5) is 10.5 Å². The van der Waals surface area contributed by atoms with Crippen LogP contribution in [-0.4, -0.2) is 49.4 Å². The Balaban J connectivity index is 1.47. The molecule has 8 heteroatoms. The molecule has 156 valence electrons. The molecule has 1 amide bonds. The highest BCUT2D eigenvalue weighted by Gasteiger charge is 2.69. The molecule has 2 saturated heterocycles. The Morgan fingerprint density at radius 1 is 1.20 bits per heavy atom. The zero-order valence-corrected chi connectivity index (χ0v) is 17.2. The average molecular weight is 426 g/mol. The Labute approximate surface area is 177 Å². The minimum Gasteiger partial charge on any atom is -0.445 e. The van der Waals surface area contributed by atoms with Gasteiger partial charge in [0, 0.05) is 18.8 Å². The Morgan fingerprint density at radius 3 is 2.70 bits per heavy atom. The van der Waals surface area contributed by atoms with E-state index in [2.05, 4.69) is 11.9 Å². The van der Waals surface area contributed by atoms with Crippen molar-refractivity contribution in [2.75, 3.05) is 25.0 Å². The van der Waals surface area contributed by atoms with Crippen LogP contribution in [0.2, 0.25) is 0 Å². The fourth-order valence-corrected chi connectivity index (χ4v) is 6.13. The molecule has 2 N–H and O–H groups in total. The lowest BCUT2D eigenvalue weighted by molar-refractivity contribution is 0.0597. The van der Waals surface area contributed by atoms with Gasteiger partial charge < -0.3 is 15.0 Å². The van der Waals surface area contributed by atoms with E-state index in [9.17, 15) is 13.6 Å². The molecule has 30 heavy (non-hydrogen) atoms. The average Bonchev–Trinajstić information content (AvgIpc) is 3.23. The number of hydrogen-bond donors (Lipinski definition) is 2. The van der Waals surface area contributed by atoms with Crippen LogP contribution in [0.25, 0.3) is 0 Å². The first-order valence-corrected chi connectivity index (χ1v) is 10.9. The van der Waals surface area contributed by atoms with Gasteiger partial charge in [-0.3, -0.25) is 4.55 Å². The van der Waals surface area contributed by atoms with E-state index in [-0.39, 0.29) is 13.2 Å². The van der Waals surface area contributed by atoms with Gasteiger partial charge >= 0.3 is 6.09 Å². The number of nitrogens with zero attached hydrogens (tertiary/aromatic N) is 2. The van der Waals surface area contributed by atoms with Crippen molar-refractivity contribution in [2.45, 2.75) is 24.1 Å². The first kappa shape index (κ1) is 19.3. The van der Waals surface area contributed by atoms with Crippen LogP contribution in [0.1, 0.15) is 17.5 Å². The summed E-state index contributed by atoms with van der Waals surface area (Å²) in [6.45, 7) is 5.50. The van der Waals surface area contributed by atoms with Crippen molar-refractivity contribution in [3.05, 3.63) is 77.9 Å². The Morgan fingerprint density at radius 2 is 1.93 bits per heavy atom. The van der Waals surface area contributed by atoms with Gasteiger partial charge in [-0.1, -0.05) is 55.1 Å². The molecule has 3 heterocycles. The van der Waals surface area contributed by atoms with Gasteiger partial charge in [0.25, 0.3) is 0 Å². The zero-order valence-electron chi connectivity index (χ0n) is 16.4. The van der Waals surface area contributed by atoms with Gasteiger partial charge in [0.2, 0.25) is 11.3 Å². The first-order chi connectivity index (χ1) is 14.5. The molecule has 2 aromatic rings. The lowest BCUT2D eigenvalue weighted by Gasteiger charge is -2.51. The number of ether oxygens (including phenoxy) is 1. The zero-order chi connectivity index (χ0) is 20.9. The van der Waals surface area contributed by atoms with Gasteiger partial charge in [0.1, 0.15) is 12.3 Å². The van der Waals surface area contributed by atoms with Crippen molar-refractivity contribution in [3.8, 4) is 0 Å². The van der Waals surface area contributed by atoms with Crippen LogP contribution in [0.5, 0.6) is 0 Å². The SMILES string of the molecule is C=C1CN(C(=O)OCc2ccccc2)C[C@]23Nc4ccccc4[C@]12CCN3S(=O)O. The van der Waals surface area contributed by atoms with Crippen molar-refractivity contribution in [3.63, 3.8) is 0 Å². The van der Waals surface area contributed by atoms with Crippen molar-refractivity contribution in [1.82, 2.24) is 9.21 Å². The van der Waals surface area contributed by atoms with Gasteiger partial charge in [0.15, 0.2) is 0 Å². The highest BCUT2D eigenvalue weighted by Crippen LogP contribution is 2.60. The van der Waals surface area contributed by atoms with Gasteiger partial charge in [0.05, 0.1) is 12.0 Å². The maximum absolute atomic E-state index is 12.9. The summed E-state index contributed by atoms with van der Waals surface area (Å²) in [4.78, 5) is 14.5. The minimum atomic E-state index is -2.20. The number of para-hydroxylation sites is 1. The molecule has 0 aromatic heterocycles. The van der Waals surface area contributed by atoms with E-state index in [0.717, 1.165) is 22.4 Å². The van der Waals surface area contributed by atoms with Gasteiger partial charge in [-0.2, -0.15) is 4.31 Å². The summed E-state index contributed by atoms with van der Waals surface area (Å²) in [7, 11) is 0. The molecule has 0 aliphatic carbocycles. The third-order valence-corrected chi connectivity index (χ3v) is 7.48. The van der Waals surface area contributed by atoms with Gasteiger partial charge in [-0.05, 0) is 29.2 Å². The normalized spacial score (nSPS) is 28.3. The number of likely N-dealkylation sites (tertiary alicyclic amines) is 1. The summed E-state index contributed by atoms with van der Waals surface area (Å²) in [6.07, 6.45) is 0.200. The molecule has 2 fully saturated rings. The molecule has 0 saturated carbocycles. The summed E-state index contributed by atoms with van der Waals surface area (Å²) in [5.41, 5.74) is 2.26. The molecule has 3 aliphatic heterocycles. The molecule has 2 aromatic carbocycles. The Kier molecular flexibility index (Phi) is 4.46. The third kappa shape index (κ3) is 2.57. The van der Waals surface area contributed by atoms with E-state index in [1.54, 1.807) is 4.90 Å². The molecule has 3 aliphatic rings. The van der Waals surface area contributed by atoms with Crippen LogP contribution in [-0.2, 0) is 28.0 Å². The van der Waals surface area contributed by atoms with E-state index < -0.39 is 28.4 Å². The maximum atomic E-state index is 12.9. The van der Waals surface area contributed by atoms with Gasteiger partial charge in [-0.15, -0.1) is 0 Å². The smallest absolute Gasteiger partial charge is 0.410 e. The minimum absolute atomic E-state index is 0.171. The summed E-state index contributed by atoms with van der Waals surface area (Å²) >= 11 is -2.20. The van der Waals surface area contributed by atoms with Crippen molar-refractivity contribution >= 4 is 23.0 Å². The van der Waals surface area contributed by atoms with Crippen molar-refractivity contribution in [1.29, 1.82) is 0 Å². The predicted molar refractivity (Wildman–Crippen MR) is 114 cm³/mol. The predicted octanol–water partition coefficient (Wildman–Crippen LogP) is 3.10. The van der Waals surface area contributed by atoms with E-state index in [1.165, 1.54) is 4.31 Å². The van der Waals surface area contributed by atoms with Crippen LogP contribution in [0.3, 0.4) is 0 Å². The first-order valence-electron chi connectivity index (χ1n) is 9.88. The molecule has 3 atom stereocenters. The van der Waals surface area contributed by atoms with Crippen LogP contribution < -0.4 is 5.32 Å². The summed E-state index contributed by atoms with van der Waals surface area (Å²) in [5, 5.41) is 3.49. The molecule has 1 unspecified atom stereocenters. The van der Waals surface area contributed by atoms with Gasteiger partial charge in [-0.25, -0.2) is 9.00 Å². The molecule has 0 bridgehead atoms. The highest BCUT2D eigenvalue weighted by molar-refractivity contribution is 7.76. The number of piperidine rings is 1. The standard InChI is InChI=1S/C22H23N3O4S/c1-16-13-24(20(26)29-14-17-7-3-2-4-8-17)15-22-21(16,11-12-25(22)30(27)28)18-9-5-6-10-19(18)23-22/h2-10,23H,1,11-15H2,(H,27,28)/t21-,22+/m0/s1. The number of nitrogens with one attached hydrogen (secondary N) is 1. The van der Waals surface area contributed by atoms with E-state index in [4.69, 9.17) is 4.74 Å². The number of benzene rings is 2. The number of carbonyl (C=O) groups is 1. The maximum Gasteiger partial charge on any atom is 0.410 e. The number of fused-ring (bicyclic) bond motifs is 1. The summed E-state index contributed by atoms with van der Waals surface area (Å²) in [5.74, 6) is 0. The van der Waals surface area contributed by atoms with Crippen LogP contribution >= 0.6 is 0 Å². The second-order valence-corrected chi connectivity index (χ2v) is 8.92. The Bertz CT molecular complexity index is 1050. The number of carbonyl (C=O) groups excluding carboxylic acids is 1. The molecular formula is C22H23N3O4S. The number of anilines is 1. The monoisotopic (exact) mass is 425 g/mol. The third-order valence-electron chi connectivity index (χ3n) is 6.61. The highest BCUT2D eigenvalue weighted by atomic mass is 32.2. The molecule has 7 nitrogen and oxygen atoms in total.